The number of likely N-dealkylation sites (tertiary alicyclic amines) is 1. The van der Waals surface area contributed by atoms with Crippen molar-refractivity contribution in [2.75, 3.05) is 13.1 Å². The van der Waals surface area contributed by atoms with Crippen molar-refractivity contribution in [1.82, 2.24) is 24.2 Å². The Hall–Kier alpha value is -3.48. The lowest BCUT2D eigenvalue weighted by Crippen LogP contribution is -2.40. The number of benzene rings is 1. The van der Waals surface area contributed by atoms with Gasteiger partial charge in [0, 0.05) is 73.2 Å². The smallest absolute Gasteiger partial charge is 0.270 e. The van der Waals surface area contributed by atoms with E-state index in [9.17, 15) is 9.18 Å². The molecule has 1 aliphatic heterocycles. The number of rotatable bonds is 3. The van der Waals surface area contributed by atoms with Crippen LogP contribution in [-0.4, -0.2) is 43.2 Å². The molecule has 158 valence electrons. The van der Waals surface area contributed by atoms with Crippen LogP contribution in [0.2, 0.25) is 0 Å². The third-order valence-electron chi connectivity index (χ3n) is 6.18. The Labute approximate surface area is 179 Å². The first-order chi connectivity index (χ1) is 15.0. The summed E-state index contributed by atoms with van der Waals surface area (Å²) in [4.78, 5) is 19.9. The van der Waals surface area contributed by atoms with Crippen molar-refractivity contribution in [3.63, 3.8) is 0 Å². The summed E-state index contributed by atoms with van der Waals surface area (Å²) in [6.07, 6.45) is 7.61. The molecule has 7 heteroatoms. The highest BCUT2D eigenvalue weighted by molar-refractivity contribution is 5.98. The molecule has 0 aliphatic carbocycles. The van der Waals surface area contributed by atoms with Crippen LogP contribution in [0.15, 0.2) is 55.0 Å². The van der Waals surface area contributed by atoms with Crippen LogP contribution in [0.1, 0.15) is 34.9 Å². The maximum Gasteiger partial charge on any atom is 0.270 e. The topological polar surface area (TPSA) is 56.0 Å². The van der Waals surface area contributed by atoms with Gasteiger partial charge in [-0.1, -0.05) is 6.07 Å². The van der Waals surface area contributed by atoms with Crippen LogP contribution in [0.4, 0.5) is 4.39 Å². The first kappa shape index (κ1) is 19.5. The summed E-state index contributed by atoms with van der Waals surface area (Å²) in [6, 6.07) is 10.5. The molecule has 1 aromatic carbocycles. The van der Waals surface area contributed by atoms with Gasteiger partial charge in [0.15, 0.2) is 0 Å². The Balaban J connectivity index is 1.35. The molecule has 6 nitrogen and oxygen atoms in total. The van der Waals surface area contributed by atoms with Crippen molar-refractivity contribution in [2.45, 2.75) is 18.8 Å². The zero-order valence-corrected chi connectivity index (χ0v) is 17.6. The predicted molar refractivity (Wildman–Crippen MR) is 117 cm³/mol. The molecule has 3 aromatic heterocycles. The van der Waals surface area contributed by atoms with Gasteiger partial charge < -0.3 is 9.47 Å². The van der Waals surface area contributed by atoms with E-state index < -0.39 is 0 Å². The fourth-order valence-electron chi connectivity index (χ4n) is 4.48. The zero-order valence-electron chi connectivity index (χ0n) is 17.6. The molecule has 4 aromatic rings. The van der Waals surface area contributed by atoms with Gasteiger partial charge in [-0.2, -0.15) is 5.10 Å². The van der Waals surface area contributed by atoms with Crippen molar-refractivity contribution in [3.8, 4) is 11.1 Å². The standard InChI is InChI=1S/C24H24FN5O/c1-28-14-19(13-27-28)16-5-7-21(26-12-16)17-4-3-9-30(15-17)24(31)23-11-18-10-20(25)6-8-22(18)29(23)2/h5-8,10-14,17H,3-4,9,15H2,1-2H3. The lowest BCUT2D eigenvalue weighted by atomic mass is 9.93. The number of halogens is 1. The van der Waals surface area contributed by atoms with E-state index in [1.54, 1.807) is 16.8 Å². The Bertz CT molecular complexity index is 1260. The molecule has 1 unspecified atom stereocenters. The molecule has 1 atom stereocenters. The highest BCUT2D eigenvalue weighted by Gasteiger charge is 2.28. The molecule has 0 bridgehead atoms. The summed E-state index contributed by atoms with van der Waals surface area (Å²) in [5, 5.41) is 4.96. The number of carbonyl (C=O) groups is 1. The molecule has 31 heavy (non-hydrogen) atoms. The van der Waals surface area contributed by atoms with Crippen LogP contribution < -0.4 is 0 Å². The van der Waals surface area contributed by atoms with Gasteiger partial charge >= 0.3 is 0 Å². The number of amides is 1. The van der Waals surface area contributed by atoms with E-state index in [0.717, 1.165) is 47.1 Å². The number of aryl methyl sites for hydroxylation is 2. The molecule has 1 saturated heterocycles. The first-order valence-electron chi connectivity index (χ1n) is 10.5. The van der Waals surface area contributed by atoms with E-state index in [2.05, 4.69) is 17.2 Å². The molecule has 0 spiro atoms. The summed E-state index contributed by atoms with van der Waals surface area (Å²) in [7, 11) is 3.75. The van der Waals surface area contributed by atoms with E-state index in [4.69, 9.17) is 4.98 Å². The minimum atomic E-state index is -0.295. The van der Waals surface area contributed by atoms with Gasteiger partial charge in [-0.05, 0) is 43.2 Å². The monoisotopic (exact) mass is 417 g/mol. The Morgan fingerprint density at radius 3 is 2.71 bits per heavy atom. The van der Waals surface area contributed by atoms with Crippen LogP contribution in [0.3, 0.4) is 0 Å². The number of pyridine rings is 1. The lowest BCUT2D eigenvalue weighted by molar-refractivity contribution is 0.0696. The van der Waals surface area contributed by atoms with Gasteiger partial charge in [0.05, 0.1) is 6.20 Å². The van der Waals surface area contributed by atoms with Crippen LogP contribution in [-0.2, 0) is 14.1 Å². The van der Waals surface area contributed by atoms with E-state index >= 15 is 0 Å². The quantitative estimate of drug-likeness (QED) is 0.504. The average Bonchev–Trinajstić information content (AvgIpc) is 3.36. The molecule has 1 aliphatic rings. The largest absolute Gasteiger partial charge is 0.340 e. The van der Waals surface area contributed by atoms with Crippen molar-refractivity contribution in [3.05, 3.63) is 72.2 Å². The number of piperidine rings is 1. The highest BCUT2D eigenvalue weighted by Crippen LogP contribution is 2.29. The van der Waals surface area contributed by atoms with E-state index in [-0.39, 0.29) is 17.6 Å². The fraction of sp³-hybridized carbons (Fsp3) is 0.292. The maximum atomic E-state index is 13.6. The minimum absolute atomic E-state index is 0.0178. The molecular weight excluding hydrogens is 393 g/mol. The highest BCUT2D eigenvalue weighted by atomic mass is 19.1. The molecule has 1 amide bonds. The van der Waals surface area contributed by atoms with Crippen LogP contribution >= 0.6 is 0 Å². The third kappa shape index (κ3) is 3.60. The van der Waals surface area contributed by atoms with Crippen molar-refractivity contribution >= 4 is 16.8 Å². The normalized spacial score (nSPS) is 16.7. The molecule has 0 N–H and O–H groups in total. The maximum absolute atomic E-state index is 13.6. The summed E-state index contributed by atoms with van der Waals surface area (Å²) in [6.45, 7) is 1.35. The van der Waals surface area contributed by atoms with Gasteiger partial charge in [-0.25, -0.2) is 4.39 Å². The third-order valence-corrected chi connectivity index (χ3v) is 6.18. The zero-order chi connectivity index (χ0) is 21.5. The van der Waals surface area contributed by atoms with E-state index in [1.807, 2.05) is 42.2 Å². The lowest BCUT2D eigenvalue weighted by Gasteiger charge is -2.32. The summed E-state index contributed by atoms with van der Waals surface area (Å²) in [5.74, 6) is -0.112. The molecule has 0 radical (unpaired) electrons. The Kier molecular flexibility index (Phi) is 4.81. The van der Waals surface area contributed by atoms with Crippen LogP contribution in [0.5, 0.6) is 0 Å². The van der Waals surface area contributed by atoms with Gasteiger partial charge in [0.25, 0.3) is 5.91 Å². The predicted octanol–water partition coefficient (Wildman–Crippen LogP) is 4.13. The van der Waals surface area contributed by atoms with Crippen LogP contribution in [0, 0.1) is 5.82 Å². The summed E-state index contributed by atoms with van der Waals surface area (Å²) in [5.41, 5.74) is 4.51. The molecule has 4 heterocycles. The van der Waals surface area contributed by atoms with Gasteiger partial charge in [0.2, 0.25) is 0 Å². The minimum Gasteiger partial charge on any atom is -0.340 e. The number of hydrogen-bond donors (Lipinski definition) is 0. The Morgan fingerprint density at radius 2 is 1.97 bits per heavy atom. The summed E-state index contributed by atoms with van der Waals surface area (Å²) >= 11 is 0. The van der Waals surface area contributed by atoms with Gasteiger partial charge in [0.1, 0.15) is 11.5 Å². The number of fused-ring (bicyclic) bond motifs is 1. The molecule has 1 fully saturated rings. The Morgan fingerprint density at radius 1 is 1.10 bits per heavy atom. The average molecular weight is 417 g/mol. The summed E-state index contributed by atoms with van der Waals surface area (Å²) < 4.78 is 17.2. The second-order valence-electron chi connectivity index (χ2n) is 8.26. The number of hydrogen-bond acceptors (Lipinski definition) is 3. The van der Waals surface area contributed by atoms with Gasteiger partial charge in [-0.15, -0.1) is 0 Å². The van der Waals surface area contributed by atoms with Crippen molar-refractivity contribution in [1.29, 1.82) is 0 Å². The number of aromatic nitrogens is 4. The van der Waals surface area contributed by atoms with Crippen LogP contribution in [0.25, 0.3) is 22.0 Å². The first-order valence-corrected chi connectivity index (χ1v) is 10.5. The molecule has 0 saturated carbocycles. The van der Waals surface area contributed by atoms with Crippen molar-refractivity contribution < 1.29 is 9.18 Å². The van der Waals surface area contributed by atoms with Gasteiger partial charge in [-0.3, -0.25) is 14.5 Å². The second kappa shape index (κ2) is 7.65. The molecular formula is C24H24FN5O. The molecule has 5 rings (SSSR count). The SMILES string of the molecule is Cn1cc(-c2ccc(C3CCCN(C(=O)c4cc5cc(F)ccc5n4C)C3)nc2)cn1. The number of nitrogens with zero attached hydrogens (tertiary/aromatic N) is 5. The van der Waals surface area contributed by atoms with E-state index in [0.29, 0.717) is 12.2 Å². The second-order valence-corrected chi connectivity index (χ2v) is 8.26. The fourth-order valence-corrected chi connectivity index (χ4v) is 4.48. The number of carbonyl (C=O) groups excluding carboxylic acids is 1. The van der Waals surface area contributed by atoms with E-state index in [1.165, 1.54) is 12.1 Å². The van der Waals surface area contributed by atoms with Crippen molar-refractivity contribution in [2.24, 2.45) is 14.1 Å².